The largest absolute Gasteiger partial charge is 0.469 e. The molecule has 2 heterocycles. The van der Waals surface area contributed by atoms with Gasteiger partial charge < -0.3 is 9.30 Å². The molecule has 3 rings (SSSR count). The average molecular weight is 344 g/mol. The van der Waals surface area contributed by atoms with E-state index in [1.54, 1.807) is 34.8 Å². The topological polar surface area (TPSA) is 51.5 Å². The first-order chi connectivity index (χ1) is 11.7. The smallest absolute Gasteiger partial charge is 0.310 e. The number of hydrogen-bond donors (Lipinski definition) is 0. The Hall–Kier alpha value is -2.05. The van der Waals surface area contributed by atoms with E-state index in [1.807, 2.05) is 18.2 Å². The number of benzene rings is 1. The number of methoxy groups -OCH3 is 1. The van der Waals surface area contributed by atoms with Crippen LogP contribution in [0.2, 0.25) is 0 Å². The van der Waals surface area contributed by atoms with Crippen LogP contribution in [-0.4, -0.2) is 35.0 Å². The lowest BCUT2D eigenvalue weighted by molar-refractivity contribution is -0.144. The zero-order valence-corrected chi connectivity index (χ0v) is 14.4. The lowest BCUT2D eigenvalue weighted by Crippen LogP contribution is -2.19. The maximum absolute atomic E-state index is 11.7. The number of esters is 1. The van der Waals surface area contributed by atoms with Gasteiger partial charge in [0.2, 0.25) is 0 Å². The van der Waals surface area contributed by atoms with E-state index in [0.29, 0.717) is 6.54 Å². The van der Waals surface area contributed by atoms with E-state index >= 15 is 0 Å². The summed E-state index contributed by atoms with van der Waals surface area (Å²) in [7, 11) is 1.44. The molecule has 5 nitrogen and oxygen atoms in total. The molecule has 2 aromatic rings. The van der Waals surface area contributed by atoms with Crippen molar-refractivity contribution >= 4 is 17.9 Å². The zero-order chi connectivity index (χ0) is 16.9. The van der Waals surface area contributed by atoms with Gasteiger partial charge in [0.25, 0.3) is 5.56 Å². The second kappa shape index (κ2) is 7.68. The molecule has 6 heteroatoms. The molecule has 0 radical (unpaired) electrons. The van der Waals surface area contributed by atoms with Crippen LogP contribution in [0.15, 0.2) is 58.4 Å². The quantitative estimate of drug-likeness (QED) is 0.616. The van der Waals surface area contributed by atoms with Crippen LogP contribution in [0.25, 0.3) is 0 Å². The van der Waals surface area contributed by atoms with E-state index in [9.17, 15) is 9.59 Å². The molecule has 0 amide bonds. The van der Waals surface area contributed by atoms with Gasteiger partial charge in [-0.1, -0.05) is 18.2 Å². The Labute approximate surface area is 145 Å². The van der Waals surface area contributed by atoms with Gasteiger partial charge in [0.05, 0.1) is 19.6 Å². The molecular weight excluding hydrogens is 324 g/mol. The van der Waals surface area contributed by atoms with Crippen molar-refractivity contribution in [2.24, 2.45) is 5.92 Å². The highest BCUT2D eigenvalue weighted by Crippen LogP contribution is 2.29. The highest BCUT2D eigenvalue weighted by Gasteiger charge is 2.29. The number of rotatable bonds is 5. The maximum atomic E-state index is 11.7. The van der Waals surface area contributed by atoms with Gasteiger partial charge in [-0.3, -0.25) is 9.59 Å². The molecule has 1 saturated heterocycles. The molecule has 0 bridgehead atoms. The lowest BCUT2D eigenvalue weighted by atomic mass is 10.1. The van der Waals surface area contributed by atoms with Crippen molar-refractivity contribution in [3.8, 4) is 0 Å². The molecule has 24 heavy (non-hydrogen) atoms. The first-order valence-corrected chi connectivity index (χ1v) is 8.68. The number of pyridine rings is 1. The number of carbonyl (C=O) groups excluding carboxylic acids is 1. The molecule has 1 unspecified atom stereocenters. The van der Waals surface area contributed by atoms with Crippen molar-refractivity contribution in [3.05, 3.63) is 64.6 Å². The van der Waals surface area contributed by atoms with Crippen LogP contribution in [0.5, 0.6) is 0 Å². The number of hydrogen-bond acceptors (Lipinski definition) is 5. The summed E-state index contributed by atoms with van der Waals surface area (Å²) in [6.07, 6.45) is 2.64. The SMILES string of the molecule is COC(=O)C1CCN(Sc2ccc(Cn3ccccc3=O)cc2)C1. The Balaban J connectivity index is 1.58. The van der Waals surface area contributed by atoms with E-state index in [4.69, 9.17) is 4.74 Å². The highest BCUT2D eigenvalue weighted by atomic mass is 32.2. The minimum absolute atomic E-state index is 0.00173. The number of ether oxygens (including phenoxy) is 1. The van der Waals surface area contributed by atoms with Gasteiger partial charge in [-0.25, -0.2) is 4.31 Å². The predicted molar refractivity (Wildman–Crippen MR) is 93.8 cm³/mol. The van der Waals surface area contributed by atoms with Gasteiger partial charge in [0.15, 0.2) is 0 Å². The third-order valence-electron chi connectivity index (χ3n) is 4.10. The van der Waals surface area contributed by atoms with Gasteiger partial charge in [0.1, 0.15) is 0 Å². The normalized spacial score (nSPS) is 17.8. The molecule has 1 aliphatic rings. The number of carbonyl (C=O) groups is 1. The fraction of sp³-hybridized carbons (Fsp3) is 0.333. The summed E-state index contributed by atoms with van der Waals surface area (Å²) in [5, 5.41) is 0. The highest BCUT2D eigenvalue weighted by molar-refractivity contribution is 7.97. The van der Waals surface area contributed by atoms with Gasteiger partial charge >= 0.3 is 5.97 Å². The third-order valence-corrected chi connectivity index (χ3v) is 5.17. The maximum Gasteiger partial charge on any atom is 0.310 e. The van der Waals surface area contributed by atoms with Crippen LogP contribution in [0, 0.1) is 5.92 Å². The second-order valence-electron chi connectivity index (χ2n) is 5.80. The Kier molecular flexibility index (Phi) is 5.37. The van der Waals surface area contributed by atoms with Crippen LogP contribution in [0.4, 0.5) is 0 Å². The van der Waals surface area contributed by atoms with E-state index in [2.05, 4.69) is 16.4 Å². The minimum Gasteiger partial charge on any atom is -0.469 e. The van der Waals surface area contributed by atoms with E-state index < -0.39 is 0 Å². The van der Waals surface area contributed by atoms with Crippen molar-refractivity contribution < 1.29 is 9.53 Å². The zero-order valence-electron chi connectivity index (χ0n) is 13.6. The van der Waals surface area contributed by atoms with Gasteiger partial charge in [-0.15, -0.1) is 0 Å². The van der Waals surface area contributed by atoms with Crippen LogP contribution in [-0.2, 0) is 16.1 Å². The average Bonchev–Trinajstić information content (AvgIpc) is 3.06. The molecule has 1 atom stereocenters. The van der Waals surface area contributed by atoms with E-state index in [-0.39, 0.29) is 17.4 Å². The summed E-state index contributed by atoms with van der Waals surface area (Å²) in [6, 6.07) is 13.4. The monoisotopic (exact) mass is 344 g/mol. The van der Waals surface area contributed by atoms with Crippen LogP contribution >= 0.6 is 11.9 Å². The Morgan fingerprint density at radius 3 is 2.75 bits per heavy atom. The predicted octanol–water partition coefficient (Wildman–Crippen LogP) is 2.40. The first-order valence-electron chi connectivity index (χ1n) is 7.91. The van der Waals surface area contributed by atoms with Gasteiger partial charge in [0, 0.05) is 30.2 Å². The molecule has 0 saturated carbocycles. The molecule has 1 aromatic carbocycles. The van der Waals surface area contributed by atoms with Crippen molar-refractivity contribution in [2.45, 2.75) is 17.9 Å². The molecule has 0 N–H and O–H groups in total. The number of aromatic nitrogens is 1. The summed E-state index contributed by atoms with van der Waals surface area (Å²) in [6.45, 7) is 2.17. The standard InChI is InChI=1S/C18H20N2O3S/c1-23-18(22)15-9-11-20(13-15)24-16-7-5-14(6-8-16)12-19-10-3-2-4-17(19)21/h2-8,10,15H,9,11-13H2,1H3. The molecule has 126 valence electrons. The lowest BCUT2D eigenvalue weighted by Gasteiger charge is -2.14. The van der Waals surface area contributed by atoms with Crippen LogP contribution in [0.3, 0.4) is 0 Å². The Bertz CT molecular complexity index is 757. The van der Waals surface area contributed by atoms with Crippen LogP contribution < -0.4 is 5.56 Å². The summed E-state index contributed by atoms with van der Waals surface area (Å²) in [4.78, 5) is 24.4. The molecule has 0 spiro atoms. The molecule has 1 aromatic heterocycles. The van der Waals surface area contributed by atoms with E-state index in [1.165, 1.54) is 7.11 Å². The minimum atomic E-state index is -0.123. The van der Waals surface area contributed by atoms with Crippen molar-refractivity contribution in [2.75, 3.05) is 20.2 Å². The van der Waals surface area contributed by atoms with Crippen molar-refractivity contribution in [1.29, 1.82) is 0 Å². The molecule has 0 aliphatic carbocycles. The fourth-order valence-electron chi connectivity index (χ4n) is 2.76. The van der Waals surface area contributed by atoms with Crippen molar-refractivity contribution in [1.82, 2.24) is 8.87 Å². The second-order valence-corrected chi connectivity index (χ2v) is 6.97. The van der Waals surface area contributed by atoms with Gasteiger partial charge in [-0.05, 0) is 42.1 Å². The molecule has 1 aliphatic heterocycles. The number of nitrogens with zero attached hydrogens (tertiary/aromatic N) is 2. The molecule has 1 fully saturated rings. The third kappa shape index (κ3) is 4.07. The molecular formula is C18H20N2O3S. The van der Waals surface area contributed by atoms with Gasteiger partial charge in [-0.2, -0.15) is 0 Å². The first kappa shape index (κ1) is 16.8. The summed E-state index contributed by atoms with van der Waals surface area (Å²) in [5.41, 5.74) is 1.09. The Morgan fingerprint density at radius 1 is 1.25 bits per heavy atom. The fourth-order valence-corrected chi connectivity index (χ4v) is 3.77. The van der Waals surface area contributed by atoms with Crippen molar-refractivity contribution in [3.63, 3.8) is 0 Å². The van der Waals surface area contributed by atoms with Crippen LogP contribution in [0.1, 0.15) is 12.0 Å². The van der Waals surface area contributed by atoms with E-state index in [0.717, 1.165) is 30.0 Å². The summed E-state index contributed by atoms with van der Waals surface area (Å²) in [5.74, 6) is -0.145. The summed E-state index contributed by atoms with van der Waals surface area (Å²) < 4.78 is 8.69. The Morgan fingerprint density at radius 2 is 2.04 bits per heavy atom. The summed E-state index contributed by atoms with van der Waals surface area (Å²) >= 11 is 1.66.